The van der Waals surface area contributed by atoms with Crippen molar-refractivity contribution >= 4 is 5.91 Å². The maximum atomic E-state index is 12.6. The van der Waals surface area contributed by atoms with E-state index in [1.165, 1.54) is 0 Å². The lowest BCUT2D eigenvalue weighted by Gasteiger charge is -2.17. The van der Waals surface area contributed by atoms with Crippen LogP contribution in [0.1, 0.15) is 20.3 Å². The Morgan fingerprint density at radius 2 is 2.27 bits per heavy atom. The number of rotatable bonds is 1. The first kappa shape index (κ1) is 8.50. The molecule has 0 aliphatic carbocycles. The van der Waals surface area contributed by atoms with E-state index in [2.05, 4.69) is 0 Å². The van der Waals surface area contributed by atoms with Crippen molar-refractivity contribution < 1.29 is 9.18 Å². The van der Waals surface area contributed by atoms with Gasteiger partial charge in [0.1, 0.15) is 6.17 Å². The Morgan fingerprint density at radius 1 is 1.64 bits per heavy atom. The molecule has 1 aliphatic rings. The lowest BCUT2D eigenvalue weighted by atomic mass is 10.2. The third-order valence-electron chi connectivity index (χ3n) is 1.94. The molecule has 0 aromatic heterocycles. The molecular weight excluding hydrogens is 145 g/mol. The van der Waals surface area contributed by atoms with E-state index >= 15 is 0 Å². The van der Waals surface area contributed by atoms with Crippen molar-refractivity contribution in [1.82, 2.24) is 4.90 Å². The van der Waals surface area contributed by atoms with E-state index in [1.54, 1.807) is 4.90 Å². The van der Waals surface area contributed by atoms with Crippen LogP contribution < -0.4 is 0 Å². The summed E-state index contributed by atoms with van der Waals surface area (Å²) in [5, 5.41) is 0. The largest absolute Gasteiger partial charge is 0.339 e. The summed E-state index contributed by atoms with van der Waals surface area (Å²) >= 11 is 0. The van der Waals surface area contributed by atoms with Gasteiger partial charge in [-0.2, -0.15) is 0 Å². The van der Waals surface area contributed by atoms with E-state index in [0.717, 1.165) is 0 Å². The zero-order chi connectivity index (χ0) is 8.43. The molecule has 1 aliphatic heterocycles. The van der Waals surface area contributed by atoms with E-state index in [0.29, 0.717) is 19.5 Å². The molecule has 0 N–H and O–H groups in total. The highest BCUT2D eigenvalue weighted by Gasteiger charge is 2.26. The zero-order valence-corrected chi connectivity index (χ0v) is 7.01. The van der Waals surface area contributed by atoms with Crippen LogP contribution >= 0.6 is 0 Å². The smallest absolute Gasteiger partial charge is 0.225 e. The van der Waals surface area contributed by atoms with Gasteiger partial charge in [0.05, 0.1) is 6.54 Å². The first-order chi connectivity index (χ1) is 5.11. The second-order valence-corrected chi connectivity index (χ2v) is 3.32. The van der Waals surface area contributed by atoms with E-state index in [1.807, 2.05) is 13.8 Å². The van der Waals surface area contributed by atoms with Gasteiger partial charge in [0.15, 0.2) is 0 Å². The van der Waals surface area contributed by atoms with Gasteiger partial charge in [-0.1, -0.05) is 13.8 Å². The van der Waals surface area contributed by atoms with Crippen LogP contribution in [0.25, 0.3) is 0 Å². The molecule has 0 bridgehead atoms. The molecule has 1 fully saturated rings. The number of amides is 1. The molecule has 0 aromatic carbocycles. The molecule has 64 valence electrons. The van der Waals surface area contributed by atoms with Crippen molar-refractivity contribution in [3.63, 3.8) is 0 Å². The fraction of sp³-hybridized carbons (Fsp3) is 0.875. The maximum absolute atomic E-state index is 12.6. The molecule has 1 amide bonds. The van der Waals surface area contributed by atoms with Crippen molar-refractivity contribution in [3.05, 3.63) is 0 Å². The van der Waals surface area contributed by atoms with Crippen LogP contribution in [0.5, 0.6) is 0 Å². The Kier molecular flexibility index (Phi) is 2.47. The molecule has 0 aromatic rings. The Labute approximate surface area is 66.4 Å². The van der Waals surface area contributed by atoms with Gasteiger partial charge < -0.3 is 4.90 Å². The third kappa shape index (κ3) is 1.91. The van der Waals surface area contributed by atoms with Crippen molar-refractivity contribution in [1.29, 1.82) is 0 Å². The zero-order valence-electron chi connectivity index (χ0n) is 7.01. The van der Waals surface area contributed by atoms with Crippen LogP contribution in [0.4, 0.5) is 4.39 Å². The van der Waals surface area contributed by atoms with Crippen molar-refractivity contribution in [2.45, 2.75) is 26.4 Å². The highest BCUT2D eigenvalue weighted by molar-refractivity contribution is 5.78. The molecule has 0 saturated carbocycles. The Morgan fingerprint density at radius 3 is 2.64 bits per heavy atom. The number of carbonyl (C=O) groups excluding carboxylic acids is 1. The van der Waals surface area contributed by atoms with E-state index < -0.39 is 6.17 Å². The first-order valence-electron chi connectivity index (χ1n) is 4.04. The normalized spacial score (nSPS) is 24.7. The second-order valence-electron chi connectivity index (χ2n) is 3.32. The summed E-state index contributed by atoms with van der Waals surface area (Å²) in [5.74, 6) is 0.0745. The van der Waals surface area contributed by atoms with Gasteiger partial charge in [-0.15, -0.1) is 0 Å². The second kappa shape index (κ2) is 3.20. The van der Waals surface area contributed by atoms with Crippen molar-refractivity contribution in [2.75, 3.05) is 13.1 Å². The minimum absolute atomic E-state index is 0.000278. The highest BCUT2D eigenvalue weighted by atomic mass is 19.1. The fourth-order valence-electron chi connectivity index (χ4n) is 1.28. The van der Waals surface area contributed by atoms with Gasteiger partial charge in [-0.3, -0.25) is 4.79 Å². The lowest BCUT2D eigenvalue weighted by Crippen LogP contribution is -2.32. The van der Waals surface area contributed by atoms with Crippen LogP contribution in [0.3, 0.4) is 0 Å². The van der Waals surface area contributed by atoms with Crippen LogP contribution in [-0.2, 0) is 4.79 Å². The van der Waals surface area contributed by atoms with E-state index in [-0.39, 0.29) is 11.8 Å². The molecule has 1 atom stereocenters. The first-order valence-corrected chi connectivity index (χ1v) is 4.04. The van der Waals surface area contributed by atoms with Crippen LogP contribution in [0, 0.1) is 5.92 Å². The third-order valence-corrected chi connectivity index (χ3v) is 1.94. The molecule has 2 nitrogen and oxygen atoms in total. The highest BCUT2D eigenvalue weighted by Crippen LogP contribution is 2.14. The van der Waals surface area contributed by atoms with Crippen LogP contribution in [-0.4, -0.2) is 30.1 Å². The summed E-state index contributed by atoms with van der Waals surface area (Å²) in [7, 11) is 0. The van der Waals surface area contributed by atoms with Gasteiger partial charge in [0.2, 0.25) is 5.91 Å². The summed E-state index contributed by atoms with van der Waals surface area (Å²) in [4.78, 5) is 12.9. The predicted octanol–water partition coefficient (Wildman–Crippen LogP) is 1.21. The number of halogens is 1. The van der Waals surface area contributed by atoms with Crippen molar-refractivity contribution in [2.24, 2.45) is 5.92 Å². The number of carbonyl (C=O) groups is 1. The predicted molar refractivity (Wildman–Crippen MR) is 40.9 cm³/mol. The van der Waals surface area contributed by atoms with Crippen LogP contribution in [0.2, 0.25) is 0 Å². The number of hydrogen-bond acceptors (Lipinski definition) is 1. The topological polar surface area (TPSA) is 20.3 Å². The monoisotopic (exact) mass is 159 g/mol. The minimum Gasteiger partial charge on any atom is -0.339 e. The Bertz CT molecular complexity index is 158. The quantitative estimate of drug-likeness (QED) is 0.563. The average molecular weight is 159 g/mol. The molecule has 0 radical (unpaired) electrons. The SMILES string of the molecule is CC(C)C(=O)N1CCC(F)C1. The molecule has 11 heavy (non-hydrogen) atoms. The standard InChI is InChI=1S/C8H14FNO/c1-6(2)8(11)10-4-3-7(9)5-10/h6-7H,3-5H2,1-2H3. The number of hydrogen-bond donors (Lipinski definition) is 0. The molecule has 1 rings (SSSR count). The van der Waals surface area contributed by atoms with Gasteiger partial charge in [-0.05, 0) is 6.42 Å². The van der Waals surface area contributed by atoms with Gasteiger partial charge >= 0.3 is 0 Å². The van der Waals surface area contributed by atoms with Gasteiger partial charge in [0.25, 0.3) is 0 Å². The summed E-state index contributed by atoms with van der Waals surface area (Å²) in [6.45, 7) is 4.58. The number of likely N-dealkylation sites (tertiary alicyclic amines) is 1. The van der Waals surface area contributed by atoms with Gasteiger partial charge in [-0.25, -0.2) is 4.39 Å². The fourth-order valence-corrected chi connectivity index (χ4v) is 1.28. The van der Waals surface area contributed by atoms with Crippen molar-refractivity contribution in [3.8, 4) is 0 Å². The molecule has 1 unspecified atom stereocenters. The summed E-state index contributed by atoms with van der Waals surface area (Å²) < 4.78 is 12.6. The lowest BCUT2D eigenvalue weighted by molar-refractivity contribution is -0.133. The molecular formula is C8H14FNO. The minimum atomic E-state index is -0.794. The molecule has 1 saturated heterocycles. The molecule has 0 spiro atoms. The van der Waals surface area contributed by atoms with Gasteiger partial charge in [0, 0.05) is 12.5 Å². The average Bonchev–Trinajstić information content (AvgIpc) is 2.34. The summed E-state index contributed by atoms with van der Waals surface area (Å²) in [6, 6.07) is 0. The Balaban J connectivity index is 2.43. The molecule has 3 heteroatoms. The number of nitrogens with zero attached hydrogens (tertiary/aromatic N) is 1. The van der Waals surface area contributed by atoms with E-state index in [9.17, 15) is 9.18 Å². The molecule has 1 heterocycles. The van der Waals surface area contributed by atoms with E-state index in [4.69, 9.17) is 0 Å². The van der Waals surface area contributed by atoms with Crippen LogP contribution in [0.15, 0.2) is 0 Å². The maximum Gasteiger partial charge on any atom is 0.225 e. The number of alkyl halides is 1. The summed E-state index contributed by atoms with van der Waals surface area (Å²) in [6.07, 6.45) is -0.281. The Hall–Kier alpha value is -0.600. The summed E-state index contributed by atoms with van der Waals surface area (Å²) in [5.41, 5.74) is 0.